The zero-order chi connectivity index (χ0) is 24.7. The third-order valence-corrected chi connectivity index (χ3v) is 5.20. The fourth-order valence-electron chi connectivity index (χ4n) is 3.33. The first-order valence-corrected chi connectivity index (χ1v) is 12.2. The van der Waals surface area contributed by atoms with E-state index in [0.29, 0.717) is 26.1 Å². The molecule has 0 aromatic rings. The number of nitrogens with zero attached hydrogens (tertiary/aromatic N) is 1. The quantitative estimate of drug-likeness (QED) is 0.116. The number of carbonyl (C=O) groups is 3. The fraction of sp³-hybridized carbons (Fsp3) is 0.864. The summed E-state index contributed by atoms with van der Waals surface area (Å²) >= 11 is 0. The van der Waals surface area contributed by atoms with Gasteiger partial charge in [-0.25, -0.2) is 4.79 Å². The van der Waals surface area contributed by atoms with Gasteiger partial charge in [-0.1, -0.05) is 25.7 Å². The predicted octanol–water partition coefficient (Wildman–Crippen LogP) is -0.238. The minimum Gasteiger partial charge on any atom is -0.448 e. The number of rotatable bonds is 22. The zero-order valence-corrected chi connectivity index (χ0v) is 20.2. The van der Waals surface area contributed by atoms with Gasteiger partial charge in [0, 0.05) is 6.54 Å². The molecule has 0 fully saturated rings. The van der Waals surface area contributed by atoms with Gasteiger partial charge < -0.3 is 43.2 Å². The van der Waals surface area contributed by atoms with Crippen molar-refractivity contribution < 1.29 is 19.1 Å². The van der Waals surface area contributed by atoms with Gasteiger partial charge >= 0.3 is 6.09 Å². The average Bonchev–Trinajstić information content (AvgIpc) is 2.78. The Kier molecular flexibility index (Phi) is 20.6. The van der Waals surface area contributed by atoms with E-state index in [2.05, 4.69) is 10.6 Å². The number of nitrogens with two attached hydrogens (primary N) is 4. The Morgan fingerprint density at radius 1 is 0.818 bits per heavy atom. The molecule has 10 N–H and O–H groups in total. The lowest BCUT2D eigenvalue weighted by Gasteiger charge is -2.24. The first-order chi connectivity index (χ1) is 15.9. The smallest absolute Gasteiger partial charge is 0.404 e. The van der Waals surface area contributed by atoms with Crippen molar-refractivity contribution >= 4 is 17.9 Å². The summed E-state index contributed by atoms with van der Waals surface area (Å²) in [6.45, 7) is 3.13. The van der Waals surface area contributed by atoms with E-state index in [-0.39, 0.29) is 37.6 Å². The van der Waals surface area contributed by atoms with Gasteiger partial charge in [0.1, 0.15) is 6.61 Å². The maximum atomic E-state index is 12.7. The van der Waals surface area contributed by atoms with Crippen LogP contribution in [-0.2, 0) is 14.3 Å². The van der Waals surface area contributed by atoms with Crippen LogP contribution in [0.25, 0.3) is 0 Å². The van der Waals surface area contributed by atoms with Gasteiger partial charge in [0.05, 0.1) is 19.1 Å². The van der Waals surface area contributed by atoms with E-state index in [1.165, 1.54) is 0 Å². The van der Waals surface area contributed by atoms with Crippen LogP contribution in [0, 0.1) is 0 Å². The lowest BCUT2D eigenvalue weighted by molar-refractivity contribution is -0.135. The molecule has 11 nitrogen and oxygen atoms in total. The molecule has 0 saturated heterocycles. The monoisotopic (exact) mass is 473 g/mol. The highest BCUT2D eigenvalue weighted by Crippen LogP contribution is 2.03. The number of carbonyl (C=O) groups excluding carboxylic acids is 3. The minimum atomic E-state index is -0.892. The van der Waals surface area contributed by atoms with Gasteiger partial charge in [-0.2, -0.15) is 0 Å². The molecule has 194 valence electrons. The Labute approximate surface area is 198 Å². The first kappa shape index (κ1) is 31.0. The summed E-state index contributed by atoms with van der Waals surface area (Å²) in [4.78, 5) is 37.8. The molecule has 0 aliphatic rings. The second-order valence-corrected chi connectivity index (χ2v) is 8.22. The lowest BCUT2D eigenvalue weighted by Crippen LogP contribution is -2.48. The predicted molar refractivity (Wildman–Crippen MR) is 130 cm³/mol. The molecule has 0 aliphatic heterocycles. The fourth-order valence-corrected chi connectivity index (χ4v) is 3.33. The molecule has 0 aromatic carbocycles. The second-order valence-electron chi connectivity index (χ2n) is 8.22. The van der Waals surface area contributed by atoms with E-state index in [4.69, 9.17) is 27.7 Å². The number of hydrogen-bond acceptors (Lipinski definition) is 8. The Bertz CT molecular complexity index is 523. The summed E-state index contributed by atoms with van der Waals surface area (Å²) in [5.74, 6) is -0.430. The van der Waals surface area contributed by atoms with Crippen LogP contribution < -0.4 is 33.6 Å². The van der Waals surface area contributed by atoms with E-state index >= 15 is 0 Å². The van der Waals surface area contributed by atoms with Crippen LogP contribution >= 0.6 is 0 Å². The largest absolute Gasteiger partial charge is 0.448 e. The molecule has 0 bridgehead atoms. The van der Waals surface area contributed by atoms with Crippen LogP contribution in [0.1, 0.15) is 64.2 Å². The van der Waals surface area contributed by atoms with Crippen LogP contribution in [0.2, 0.25) is 0 Å². The van der Waals surface area contributed by atoms with Gasteiger partial charge in [0.25, 0.3) is 0 Å². The maximum absolute atomic E-state index is 12.7. The van der Waals surface area contributed by atoms with Crippen molar-refractivity contribution in [2.75, 3.05) is 52.4 Å². The number of amides is 3. The van der Waals surface area contributed by atoms with Crippen molar-refractivity contribution in [1.82, 2.24) is 15.5 Å². The van der Waals surface area contributed by atoms with Crippen molar-refractivity contribution in [1.29, 1.82) is 0 Å². The summed E-state index contributed by atoms with van der Waals surface area (Å²) in [5.41, 5.74) is 21.6. The average molecular weight is 474 g/mol. The van der Waals surface area contributed by atoms with Gasteiger partial charge in [0.15, 0.2) is 0 Å². The van der Waals surface area contributed by atoms with Crippen LogP contribution in [-0.4, -0.2) is 81.3 Å². The summed E-state index contributed by atoms with van der Waals surface area (Å²) in [5, 5.41) is 6.02. The molecule has 0 aliphatic carbocycles. The van der Waals surface area contributed by atoms with E-state index in [9.17, 15) is 14.4 Å². The molecule has 3 amide bonds. The molecule has 0 rings (SSSR count). The standard InChI is InChI=1S/C22H47N7O4/c23-11-5-2-1-3-8-14-27-16-21(31)29(15-9-7-13-25)17-20(30)28-19(10-4-6-12-24)18-33-22(26)32/h19,27H,1-18,23-25H2,(H2,26,32)(H,28,30)/t19-/m0/s1. The van der Waals surface area contributed by atoms with Gasteiger partial charge in [-0.3, -0.25) is 9.59 Å². The lowest BCUT2D eigenvalue weighted by atomic mass is 10.1. The van der Waals surface area contributed by atoms with Crippen LogP contribution in [0.4, 0.5) is 4.79 Å². The molecule has 0 unspecified atom stereocenters. The van der Waals surface area contributed by atoms with Crippen molar-refractivity contribution in [3.8, 4) is 0 Å². The van der Waals surface area contributed by atoms with Crippen LogP contribution in [0.5, 0.6) is 0 Å². The number of ether oxygens (including phenoxy) is 1. The maximum Gasteiger partial charge on any atom is 0.404 e. The number of nitrogens with one attached hydrogen (secondary N) is 2. The van der Waals surface area contributed by atoms with Gasteiger partial charge in [-0.15, -0.1) is 0 Å². The van der Waals surface area contributed by atoms with E-state index in [1.54, 1.807) is 4.90 Å². The molecule has 0 heterocycles. The summed E-state index contributed by atoms with van der Waals surface area (Å²) in [6.07, 6.45) is 8.21. The van der Waals surface area contributed by atoms with E-state index in [0.717, 1.165) is 70.9 Å². The Balaban J connectivity index is 4.58. The van der Waals surface area contributed by atoms with Crippen molar-refractivity contribution in [2.45, 2.75) is 70.3 Å². The summed E-state index contributed by atoms with van der Waals surface area (Å²) in [7, 11) is 0. The normalized spacial score (nSPS) is 11.7. The van der Waals surface area contributed by atoms with Gasteiger partial charge in [0.2, 0.25) is 11.8 Å². The highest BCUT2D eigenvalue weighted by atomic mass is 16.5. The molecule has 0 radical (unpaired) electrons. The highest BCUT2D eigenvalue weighted by molar-refractivity contribution is 5.85. The molecule has 0 saturated carbocycles. The number of primary amides is 1. The highest BCUT2D eigenvalue weighted by Gasteiger charge is 2.19. The summed E-state index contributed by atoms with van der Waals surface area (Å²) in [6, 6.07) is -0.380. The summed E-state index contributed by atoms with van der Waals surface area (Å²) < 4.78 is 4.86. The Hall–Kier alpha value is -1.95. The molecule has 11 heteroatoms. The van der Waals surface area contributed by atoms with Crippen molar-refractivity contribution in [3.63, 3.8) is 0 Å². The Morgan fingerprint density at radius 2 is 1.42 bits per heavy atom. The van der Waals surface area contributed by atoms with Crippen molar-refractivity contribution in [2.24, 2.45) is 22.9 Å². The topological polar surface area (TPSA) is 192 Å². The Morgan fingerprint density at radius 3 is 2.09 bits per heavy atom. The third kappa shape index (κ3) is 19.2. The van der Waals surface area contributed by atoms with E-state index in [1.807, 2.05) is 0 Å². The molecule has 0 aromatic heterocycles. The molecular weight excluding hydrogens is 426 g/mol. The first-order valence-electron chi connectivity index (χ1n) is 12.2. The SMILES string of the molecule is NCCCCCCCNCC(=O)N(CCCCN)CC(=O)N[C@@H](CCCCN)COC(N)=O. The second kappa shape index (κ2) is 21.9. The molecular formula is C22H47N7O4. The van der Waals surface area contributed by atoms with Crippen LogP contribution in [0.15, 0.2) is 0 Å². The third-order valence-electron chi connectivity index (χ3n) is 5.20. The number of hydrogen-bond donors (Lipinski definition) is 6. The van der Waals surface area contributed by atoms with Crippen LogP contribution in [0.3, 0.4) is 0 Å². The molecule has 33 heavy (non-hydrogen) atoms. The zero-order valence-electron chi connectivity index (χ0n) is 20.2. The van der Waals surface area contributed by atoms with Crippen molar-refractivity contribution in [3.05, 3.63) is 0 Å². The minimum absolute atomic E-state index is 0.0143. The van der Waals surface area contributed by atoms with E-state index < -0.39 is 6.09 Å². The van der Waals surface area contributed by atoms with Gasteiger partial charge in [-0.05, 0) is 64.7 Å². The molecule has 0 spiro atoms. The molecule has 1 atom stereocenters. The number of unbranched alkanes of at least 4 members (excludes halogenated alkanes) is 6.